The standard InChI is InChI=1S/C13H11BrINO2S/c1-2-18-13(17)12-10(16)6-11(19-12)8-5-7(15)3-4-9(8)14/h3-6H,2,16H2,1H3. The van der Waals surface area contributed by atoms with Crippen LogP contribution in [0.15, 0.2) is 28.7 Å². The normalized spacial score (nSPS) is 10.5. The maximum Gasteiger partial charge on any atom is 0.350 e. The molecule has 0 radical (unpaired) electrons. The topological polar surface area (TPSA) is 52.3 Å². The maximum absolute atomic E-state index is 11.8. The van der Waals surface area contributed by atoms with Gasteiger partial charge in [0, 0.05) is 18.5 Å². The Balaban J connectivity index is 2.44. The van der Waals surface area contributed by atoms with Crippen molar-refractivity contribution in [3.8, 4) is 10.4 Å². The SMILES string of the molecule is CCOC(=O)c1sc(-c2cc(I)ccc2Br)cc1N. The van der Waals surface area contributed by atoms with Crippen LogP contribution in [0.5, 0.6) is 0 Å². The van der Waals surface area contributed by atoms with Crippen LogP contribution >= 0.6 is 49.9 Å². The van der Waals surface area contributed by atoms with Gasteiger partial charge >= 0.3 is 5.97 Å². The van der Waals surface area contributed by atoms with Crippen LogP contribution in [0, 0.1) is 3.57 Å². The van der Waals surface area contributed by atoms with Crippen LogP contribution in [0.25, 0.3) is 10.4 Å². The summed E-state index contributed by atoms with van der Waals surface area (Å²) < 4.78 is 7.09. The number of carbonyl (C=O) groups excluding carboxylic acids is 1. The largest absolute Gasteiger partial charge is 0.462 e. The molecule has 1 aromatic carbocycles. The predicted molar refractivity (Wildman–Crippen MR) is 90.5 cm³/mol. The average Bonchev–Trinajstić information content (AvgIpc) is 2.74. The highest BCUT2D eigenvalue weighted by atomic mass is 127. The van der Waals surface area contributed by atoms with E-state index in [9.17, 15) is 4.79 Å². The number of hydrogen-bond acceptors (Lipinski definition) is 4. The molecule has 0 aliphatic carbocycles. The lowest BCUT2D eigenvalue weighted by atomic mass is 10.2. The molecule has 100 valence electrons. The number of thiophene rings is 1. The third-order valence-electron chi connectivity index (χ3n) is 2.42. The van der Waals surface area contributed by atoms with Crippen LogP contribution in [0.4, 0.5) is 5.69 Å². The van der Waals surface area contributed by atoms with Gasteiger partial charge in [-0.25, -0.2) is 4.79 Å². The quantitative estimate of drug-likeness (QED) is 0.550. The number of hydrogen-bond donors (Lipinski definition) is 1. The molecule has 0 aliphatic heterocycles. The second kappa shape index (κ2) is 6.23. The zero-order valence-corrected chi connectivity index (χ0v) is 14.6. The fourth-order valence-corrected chi connectivity index (χ4v) is 3.67. The van der Waals surface area contributed by atoms with Crippen molar-refractivity contribution >= 4 is 61.5 Å². The fraction of sp³-hybridized carbons (Fsp3) is 0.154. The number of rotatable bonds is 3. The zero-order valence-electron chi connectivity index (χ0n) is 10.1. The van der Waals surface area contributed by atoms with Crippen molar-refractivity contribution in [3.05, 3.63) is 37.2 Å². The summed E-state index contributed by atoms with van der Waals surface area (Å²) in [5.41, 5.74) is 7.38. The van der Waals surface area contributed by atoms with Crippen molar-refractivity contribution in [2.75, 3.05) is 12.3 Å². The number of nitrogen functional groups attached to an aromatic ring is 1. The Morgan fingerprint density at radius 3 is 2.89 bits per heavy atom. The number of halogens is 2. The Labute approximate surface area is 137 Å². The van der Waals surface area contributed by atoms with E-state index < -0.39 is 0 Å². The van der Waals surface area contributed by atoms with Gasteiger partial charge in [-0.3, -0.25) is 0 Å². The number of nitrogens with two attached hydrogens (primary N) is 1. The zero-order chi connectivity index (χ0) is 14.0. The Bertz CT molecular complexity index is 627. The lowest BCUT2D eigenvalue weighted by Crippen LogP contribution is -2.04. The minimum Gasteiger partial charge on any atom is -0.462 e. The van der Waals surface area contributed by atoms with E-state index in [1.807, 2.05) is 24.3 Å². The summed E-state index contributed by atoms with van der Waals surface area (Å²) in [6.07, 6.45) is 0. The van der Waals surface area contributed by atoms with Crippen LogP contribution in [0.3, 0.4) is 0 Å². The molecule has 6 heteroatoms. The Kier molecular flexibility index (Phi) is 4.86. The van der Waals surface area contributed by atoms with Gasteiger partial charge in [-0.1, -0.05) is 15.9 Å². The highest BCUT2D eigenvalue weighted by Gasteiger charge is 2.17. The highest BCUT2D eigenvalue weighted by Crippen LogP contribution is 2.38. The van der Waals surface area contributed by atoms with E-state index in [4.69, 9.17) is 10.5 Å². The minimum absolute atomic E-state index is 0.346. The molecule has 2 rings (SSSR count). The molecule has 0 aliphatic rings. The Morgan fingerprint density at radius 2 is 2.21 bits per heavy atom. The molecular weight excluding hydrogens is 441 g/mol. The van der Waals surface area contributed by atoms with Crippen molar-refractivity contribution in [3.63, 3.8) is 0 Å². The molecule has 19 heavy (non-hydrogen) atoms. The molecule has 1 aromatic heterocycles. The smallest absolute Gasteiger partial charge is 0.350 e. The number of benzene rings is 1. The molecule has 1 heterocycles. The van der Waals surface area contributed by atoms with Crippen molar-refractivity contribution in [1.29, 1.82) is 0 Å². The van der Waals surface area contributed by atoms with Gasteiger partial charge in [0.1, 0.15) is 4.88 Å². The van der Waals surface area contributed by atoms with Gasteiger partial charge in [-0.2, -0.15) is 0 Å². The van der Waals surface area contributed by atoms with Gasteiger partial charge in [0.25, 0.3) is 0 Å². The van der Waals surface area contributed by atoms with E-state index in [2.05, 4.69) is 38.5 Å². The molecule has 0 bridgehead atoms. The van der Waals surface area contributed by atoms with Gasteiger partial charge in [0.15, 0.2) is 0 Å². The molecule has 0 saturated carbocycles. The van der Waals surface area contributed by atoms with Crippen LogP contribution in [-0.4, -0.2) is 12.6 Å². The molecular formula is C13H11BrINO2S. The number of ether oxygens (including phenoxy) is 1. The Morgan fingerprint density at radius 1 is 1.47 bits per heavy atom. The number of carbonyl (C=O) groups is 1. The van der Waals surface area contributed by atoms with Crippen LogP contribution in [0.1, 0.15) is 16.6 Å². The van der Waals surface area contributed by atoms with Crippen molar-refractivity contribution in [2.45, 2.75) is 6.92 Å². The van der Waals surface area contributed by atoms with E-state index in [-0.39, 0.29) is 5.97 Å². The second-order valence-electron chi connectivity index (χ2n) is 3.74. The second-order valence-corrected chi connectivity index (χ2v) is 6.89. The van der Waals surface area contributed by atoms with Crippen molar-refractivity contribution < 1.29 is 9.53 Å². The summed E-state index contributed by atoms with van der Waals surface area (Å²) in [5.74, 6) is -0.363. The lowest BCUT2D eigenvalue weighted by Gasteiger charge is -2.02. The molecule has 2 aromatic rings. The van der Waals surface area contributed by atoms with E-state index in [0.29, 0.717) is 17.2 Å². The van der Waals surface area contributed by atoms with E-state index in [0.717, 1.165) is 18.5 Å². The molecule has 0 atom stereocenters. The first-order valence-corrected chi connectivity index (χ1v) is 8.23. The van der Waals surface area contributed by atoms with Crippen molar-refractivity contribution in [2.24, 2.45) is 0 Å². The van der Waals surface area contributed by atoms with E-state index >= 15 is 0 Å². The summed E-state index contributed by atoms with van der Waals surface area (Å²) in [6, 6.07) is 7.85. The fourth-order valence-electron chi connectivity index (χ4n) is 1.58. The molecule has 0 saturated heterocycles. The van der Waals surface area contributed by atoms with Crippen molar-refractivity contribution in [1.82, 2.24) is 0 Å². The van der Waals surface area contributed by atoms with Crippen LogP contribution in [-0.2, 0) is 4.74 Å². The number of anilines is 1. The number of esters is 1. The van der Waals surface area contributed by atoms with Gasteiger partial charge in [-0.05, 0) is 53.8 Å². The molecule has 2 N–H and O–H groups in total. The summed E-state index contributed by atoms with van der Waals surface area (Å²) in [4.78, 5) is 13.2. The molecule has 3 nitrogen and oxygen atoms in total. The highest BCUT2D eigenvalue weighted by molar-refractivity contribution is 14.1. The van der Waals surface area contributed by atoms with Crippen LogP contribution < -0.4 is 5.73 Å². The predicted octanol–water partition coefficient (Wildman–Crippen LogP) is 4.54. The molecule has 0 unspecified atom stereocenters. The van der Waals surface area contributed by atoms with Gasteiger partial charge in [-0.15, -0.1) is 11.3 Å². The van der Waals surface area contributed by atoms with Gasteiger partial charge in [0.05, 0.1) is 12.3 Å². The molecule has 0 fully saturated rings. The van der Waals surface area contributed by atoms with Crippen LogP contribution in [0.2, 0.25) is 0 Å². The summed E-state index contributed by atoms with van der Waals surface area (Å²) >= 11 is 7.12. The third kappa shape index (κ3) is 3.29. The van der Waals surface area contributed by atoms with E-state index in [1.165, 1.54) is 11.3 Å². The summed E-state index contributed by atoms with van der Waals surface area (Å²) in [7, 11) is 0. The van der Waals surface area contributed by atoms with Gasteiger partial charge in [0.2, 0.25) is 0 Å². The first-order valence-electron chi connectivity index (χ1n) is 5.54. The van der Waals surface area contributed by atoms with Gasteiger partial charge < -0.3 is 10.5 Å². The first kappa shape index (κ1) is 14.8. The summed E-state index contributed by atoms with van der Waals surface area (Å²) in [6.45, 7) is 2.12. The average molecular weight is 452 g/mol. The Hall–Kier alpha value is -0.600. The molecule has 0 amide bonds. The summed E-state index contributed by atoms with van der Waals surface area (Å²) in [5, 5.41) is 0. The van der Waals surface area contributed by atoms with E-state index in [1.54, 1.807) is 6.92 Å². The molecule has 0 spiro atoms. The first-order chi connectivity index (χ1) is 9.02. The third-order valence-corrected chi connectivity index (χ3v) is 4.94. The lowest BCUT2D eigenvalue weighted by molar-refractivity contribution is 0.0533. The minimum atomic E-state index is -0.363. The monoisotopic (exact) mass is 451 g/mol. The maximum atomic E-state index is 11.8.